The van der Waals surface area contributed by atoms with E-state index in [-0.39, 0.29) is 6.03 Å². The molecule has 1 fully saturated rings. The van der Waals surface area contributed by atoms with Crippen molar-refractivity contribution in [3.63, 3.8) is 0 Å². The van der Waals surface area contributed by atoms with Crippen LogP contribution in [0.1, 0.15) is 36.5 Å². The van der Waals surface area contributed by atoms with Crippen molar-refractivity contribution in [3.8, 4) is 0 Å². The molecule has 1 N–H and O–H groups in total. The van der Waals surface area contributed by atoms with Crippen LogP contribution in [0.5, 0.6) is 0 Å². The lowest BCUT2D eigenvalue weighted by Gasteiger charge is -2.36. The number of carbonyl (C=O) groups excluding carboxylic acids is 1. The van der Waals surface area contributed by atoms with Gasteiger partial charge in [0, 0.05) is 56.3 Å². The van der Waals surface area contributed by atoms with E-state index in [9.17, 15) is 4.79 Å². The third kappa shape index (κ3) is 4.54. The fourth-order valence-corrected chi connectivity index (χ4v) is 6.03. The minimum Gasteiger partial charge on any atom is -0.352 e. The lowest BCUT2D eigenvalue weighted by Crippen LogP contribution is -2.50. The molecule has 174 valence electrons. The molecule has 0 radical (unpaired) electrons. The molecule has 0 saturated carbocycles. The van der Waals surface area contributed by atoms with Crippen LogP contribution in [0.4, 0.5) is 16.3 Å². The van der Waals surface area contributed by atoms with E-state index in [1.165, 1.54) is 15.8 Å². The number of fused-ring (bicyclic) bond motifs is 3. The average Bonchev–Trinajstić information content (AvgIpc) is 3.22. The standard InChI is InChI=1S/C25H32N6OS/c1-3-8-21-27-23(22-19-11-12-29(4-2)17-20(19)33-24(22)28-21)30-13-15-31(16-14-30)25(32)26-18-9-6-5-7-10-18/h5-7,9-10H,3-4,8,11-17H2,1-2H3,(H,26,32). The number of anilines is 2. The highest BCUT2D eigenvalue weighted by atomic mass is 32.1. The number of nitrogens with zero attached hydrogens (tertiary/aromatic N) is 5. The summed E-state index contributed by atoms with van der Waals surface area (Å²) in [5.74, 6) is 2.02. The van der Waals surface area contributed by atoms with Gasteiger partial charge in [-0.25, -0.2) is 14.8 Å². The second kappa shape index (κ2) is 9.65. The van der Waals surface area contributed by atoms with Gasteiger partial charge < -0.3 is 15.1 Å². The van der Waals surface area contributed by atoms with Gasteiger partial charge in [-0.3, -0.25) is 4.90 Å². The number of hydrogen-bond donors (Lipinski definition) is 1. The van der Waals surface area contributed by atoms with Crippen LogP contribution in [0.15, 0.2) is 30.3 Å². The van der Waals surface area contributed by atoms with Gasteiger partial charge >= 0.3 is 6.03 Å². The molecule has 33 heavy (non-hydrogen) atoms. The van der Waals surface area contributed by atoms with Gasteiger partial charge in [0.1, 0.15) is 16.5 Å². The first-order chi connectivity index (χ1) is 16.2. The molecule has 2 aromatic heterocycles. The summed E-state index contributed by atoms with van der Waals surface area (Å²) in [5, 5.41) is 4.27. The Kier molecular flexibility index (Phi) is 6.46. The Morgan fingerprint density at radius 2 is 1.85 bits per heavy atom. The van der Waals surface area contributed by atoms with Crippen LogP contribution >= 0.6 is 11.3 Å². The molecule has 2 amide bonds. The molecule has 0 atom stereocenters. The Morgan fingerprint density at radius 3 is 2.58 bits per heavy atom. The highest BCUT2D eigenvalue weighted by molar-refractivity contribution is 7.19. The number of benzene rings is 1. The zero-order chi connectivity index (χ0) is 22.8. The smallest absolute Gasteiger partial charge is 0.321 e. The molecule has 8 heteroatoms. The highest BCUT2D eigenvalue weighted by Crippen LogP contribution is 2.39. The number of likely N-dealkylation sites (N-methyl/N-ethyl adjacent to an activating group) is 1. The van der Waals surface area contributed by atoms with Crippen molar-refractivity contribution < 1.29 is 4.79 Å². The van der Waals surface area contributed by atoms with Crippen molar-refractivity contribution in [1.82, 2.24) is 19.8 Å². The number of amides is 2. The summed E-state index contributed by atoms with van der Waals surface area (Å²) in [6.07, 6.45) is 2.99. The van der Waals surface area contributed by atoms with E-state index in [1.807, 2.05) is 46.6 Å². The van der Waals surface area contributed by atoms with Crippen LogP contribution in [-0.2, 0) is 19.4 Å². The topological polar surface area (TPSA) is 64.6 Å². The van der Waals surface area contributed by atoms with Crippen LogP contribution in [-0.4, -0.2) is 65.1 Å². The largest absolute Gasteiger partial charge is 0.352 e. The molecule has 0 spiro atoms. The first kappa shape index (κ1) is 22.1. The normalized spacial score (nSPS) is 16.8. The van der Waals surface area contributed by atoms with Crippen LogP contribution in [0, 0.1) is 0 Å². The molecule has 0 bridgehead atoms. The zero-order valence-electron chi connectivity index (χ0n) is 19.5. The van der Waals surface area contributed by atoms with Crippen LogP contribution < -0.4 is 10.2 Å². The summed E-state index contributed by atoms with van der Waals surface area (Å²) in [4.78, 5) is 32.1. The molecule has 0 aliphatic carbocycles. The van der Waals surface area contributed by atoms with Gasteiger partial charge in [-0.05, 0) is 37.1 Å². The van der Waals surface area contributed by atoms with Crippen molar-refractivity contribution in [1.29, 1.82) is 0 Å². The first-order valence-electron chi connectivity index (χ1n) is 12.1. The number of nitrogens with one attached hydrogen (secondary N) is 1. The van der Waals surface area contributed by atoms with Gasteiger partial charge in [-0.2, -0.15) is 0 Å². The highest BCUT2D eigenvalue weighted by Gasteiger charge is 2.28. The number of carbonyl (C=O) groups is 1. The SMILES string of the molecule is CCCc1nc(N2CCN(C(=O)Nc3ccccc3)CC2)c2c3c(sc2n1)CN(CC)CC3. The van der Waals surface area contributed by atoms with Gasteiger partial charge in [0.05, 0.1) is 5.39 Å². The summed E-state index contributed by atoms with van der Waals surface area (Å²) >= 11 is 1.85. The summed E-state index contributed by atoms with van der Waals surface area (Å²) in [6, 6.07) is 9.62. The van der Waals surface area contributed by atoms with E-state index in [0.717, 1.165) is 74.1 Å². The fraction of sp³-hybridized carbons (Fsp3) is 0.480. The van der Waals surface area contributed by atoms with E-state index in [1.54, 1.807) is 0 Å². The second-order valence-electron chi connectivity index (χ2n) is 8.79. The van der Waals surface area contributed by atoms with Gasteiger partial charge in [0.2, 0.25) is 0 Å². The molecule has 7 nitrogen and oxygen atoms in total. The van der Waals surface area contributed by atoms with E-state index in [2.05, 4.69) is 29.0 Å². The molecule has 2 aliphatic rings. The molecule has 3 aromatic rings. The lowest BCUT2D eigenvalue weighted by atomic mass is 10.0. The Labute approximate surface area is 199 Å². The molecule has 2 aliphatic heterocycles. The lowest BCUT2D eigenvalue weighted by molar-refractivity contribution is 0.208. The maximum Gasteiger partial charge on any atom is 0.321 e. The maximum absolute atomic E-state index is 12.7. The van der Waals surface area contributed by atoms with E-state index in [4.69, 9.17) is 9.97 Å². The van der Waals surface area contributed by atoms with E-state index >= 15 is 0 Å². The predicted octanol–water partition coefficient (Wildman–Crippen LogP) is 4.38. The minimum atomic E-state index is -0.0343. The van der Waals surface area contributed by atoms with Crippen LogP contribution in [0.25, 0.3) is 10.2 Å². The monoisotopic (exact) mass is 464 g/mol. The van der Waals surface area contributed by atoms with Crippen molar-refractivity contribution in [2.75, 3.05) is 49.5 Å². The van der Waals surface area contributed by atoms with Crippen molar-refractivity contribution in [2.45, 2.75) is 39.7 Å². The summed E-state index contributed by atoms with van der Waals surface area (Å²) in [5.41, 5.74) is 2.28. The van der Waals surface area contributed by atoms with Gasteiger partial charge in [0.15, 0.2) is 0 Å². The fourth-order valence-electron chi connectivity index (χ4n) is 4.75. The molecule has 1 aromatic carbocycles. The van der Waals surface area contributed by atoms with Crippen molar-refractivity contribution in [3.05, 3.63) is 46.6 Å². The number of aromatic nitrogens is 2. The third-order valence-electron chi connectivity index (χ3n) is 6.62. The Balaban J connectivity index is 1.38. The van der Waals surface area contributed by atoms with E-state index in [0.29, 0.717) is 13.1 Å². The number of piperazine rings is 1. The molecule has 1 saturated heterocycles. The third-order valence-corrected chi connectivity index (χ3v) is 7.73. The second-order valence-corrected chi connectivity index (χ2v) is 9.87. The molecular formula is C25H32N6OS. The Bertz CT molecular complexity index is 1120. The summed E-state index contributed by atoms with van der Waals surface area (Å²) < 4.78 is 0. The van der Waals surface area contributed by atoms with Crippen molar-refractivity contribution >= 4 is 39.1 Å². The quantitative estimate of drug-likeness (QED) is 0.607. The Hall–Kier alpha value is -2.71. The van der Waals surface area contributed by atoms with Crippen LogP contribution in [0.3, 0.4) is 0 Å². The molecule has 5 rings (SSSR count). The number of hydrogen-bond acceptors (Lipinski definition) is 6. The number of urea groups is 1. The molecule has 0 unspecified atom stereocenters. The molecular weight excluding hydrogens is 432 g/mol. The number of rotatable bonds is 5. The molecule has 4 heterocycles. The van der Waals surface area contributed by atoms with Crippen LogP contribution in [0.2, 0.25) is 0 Å². The number of thiophene rings is 1. The van der Waals surface area contributed by atoms with Gasteiger partial charge in [-0.1, -0.05) is 32.0 Å². The Morgan fingerprint density at radius 1 is 1.06 bits per heavy atom. The maximum atomic E-state index is 12.7. The van der Waals surface area contributed by atoms with Gasteiger partial charge in [-0.15, -0.1) is 11.3 Å². The number of para-hydroxylation sites is 1. The predicted molar refractivity (Wildman–Crippen MR) is 135 cm³/mol. The average molecular weight is 465 g/mol. The van der Waals surface area contributed by atoms with Crippen molar-refractivity contribution in [2.24, 2.45) is 0 Å². The first-order valence-corrected chi connectivity index (χ1v) is 12.9. The number of aryl methyl sites for hydroxylation is 1. The minimum absolute atomic E-state index is 0.0343. The van der Waals surface area contributed by atoms with Gasteiger partial charge in [0.25, 0.3) is 0 Å². The summed E-state index contributed by atoms with van der Waals surface area (Å²) in [6.45, 7) is 10.5. The summed E-state index contributed by atoms with van der Waals surface area (Å²) in [7, 11) is 0. The van der Waals surface area contributed by atoms with E-state index < -0.39 is 0 Å². The zero-order valence-corrected chi connectivity index (χ0v) is 20.3.